The minimum atomic E-state index is -4.43. The number of halogens is 3. The van der Waals surface area contributed by atoms with Crippen LogP contribution in [0.2, 0.25) is 0 Å². The molecule has 1 aliphatic heterocycles. The molecule has 9 heteroatoms. The second-order valence-electron chi connectivity index (χ2n) is 7.59. The fraction of sp³-hybridized carbons (Fsp3) is 0.391. The fourth-order valence-corrected chi connectivity index (χ4v) is 3.64. The predicted molar refractivity (Wildman–Crippen MR) is 112 cm³/mol. The van der Waals surface area contributed by atoms with Gasteiger partial charge in [-0.15, -0.1) is 0 Å². The van der Waals surface area contributed by atoms with E-state index >= 15 is 0 Å². The van der Waals surface area contributed by atoms with Gasteiger partial charge in [0.15, 0.2) is 11.5 Å². The maximum Gasteiger partial charge on any atom is 0.416 e. The van der Waals surface area contributed by atoms with Crippen molar-refractivity contribution in [3.8, 4) is 11.5 Å². The SMILES string of the molecule is COc1ccc(C(=O)NCC2CCN(C(=O)c3ccc(C(F)(F)F)cc3)CC2)cc1OC. The van der Waals surface area contributed by atoms with Gasteiger partial charge in [-0.1, -0.05) is 0 Å². The van der Waals surface area contributed by atoms with Crippen LogP contribution in [0.5, 0.6) is 11.5 Å². The third-order valence-electron chi connectivity index (χ3n) is 5.56. The molecular weight excluding hydrogens is 425 g/mol. The second-order valence-corrected chi connectivity index (χ2v) is 7.59. The van der Waals surface area contributed by atoms with Crippen LogP contribution in [0.25, 0.3) is 0 Å². The Balaban J connectivity index is 1.49. The van der Waals surface area contributed by atoms with Gasteiger partial charge >= 0.3 is 6.18 Å². The number of hydrogen-bond donors (Lipinski definition) is 1. The monoisotopic (exact) mass is 450 g/mol. The molecule has 1 saturated heterocycles. The van der Waals surface area contributed by atoms with E-state index in [1.165, 1.54) is 26.4 Å². The van der Waals surface area contributed by atoms with Crippen molar-refractivity contribution < 1.29 is 32.2 Å². The highest BCUT2D eigenvalue weighted by Crippen LogP contribution is 2.30. The smallest absolute Gasteiger partial charge is 0.416 e. The van der Waals surface area contributed by atoms with E-state index in [4.69, 9.17) is 9.47 Å². The summed E-state index contributed by atoms with van der Waals surface area (Å²) in [6, 6.07) is 9.19. The number of alkyl halides is 3. The molecule has 0 aliphatic carbocycles. The second kappa shape index (κ2) is 9.93. The van der Waals surface area contributed by atoms with Gasteiger partial charge in [0.05, 0.1) is 19.8 Å². The first kappa shape index (κ1) is 23.4. The highest BCUT2D eigenvalue weighted by molar-refractivity contribution is 5.95. The van der Waals surface area contributed by atoms with Gasteiger partial charge in [-0.2, -0.15) is 13.2 Å². The molecule has 32 heavy (non-hydrogen) atoms. The highest BCUT2D eigenvalue weighted by Gasteiger charge is 2.31. The highest BCUT2D eigenvalue weighted by atomic mass is 19.4. The van der Waals surface area contributed by atoms with E-state index in [0.717, 1.165) is 12.1 Å². The van der Waals surface area contributed by atoms with Gasteiger partial charge in [-0.25, -0.2) is 0 Å². The van der Waals surface area contributed by atoms with Crippen LogP contribution < -0.4 is 14.8 Å². The molecule has 3 rings (SSSR count). The Morgan fingerprint density at radius 1 is 0.969 bits per heavy atom. The van der Waals surface area contributed by atoms with Crippen LogP contribution in [-0.2, 0) is 6.18 Å². The lowest BCUT2D eigenvalue weighted by Gasteiger charge is -2.32. The molecule has 1 N–H and O–H groups in total. The summed E-state index contributed by atoms with van der Waals surface area (Å²) in [7, 11) is 3.02. The van der Waals surface area contributed by atoms with Gasteiger partial charge in [0.25, 0.3) is 11.8 Å². The lowest BCUT2D eigenvalue weighted by Crippen LogP contribution is -2.41. The predicted octanol–water partition coefficient (Wildman–Crippen LogP) is 4.00. The van der Waals surface area contributed by atoms with E-state index < -0.39 is 11.7 Å². The number of hydrogen-bond acceptors (Lipinski definition) is 4. The van der Waals surface area contributed by atoms with Crippen LogP contribution in [0.1, 0.15) is 39.1 Å². The van der Waals surface area contributed by atoms with Gasteiger partial charge < -0.3 is 19.7 Å². The molecule has 6 nitrogen and oxygen atoms in total. The van der Waals surface area contributed by atoms with Crippen molar-refractivity contribution >= 4 is 11.8 Å². The molecule has 0 aromatic heterocycles. The molecule has 0 saturated carbocycles. The van der Waals surface area contributed by atoms with E-state index in [1.807, 2.05) is 0 Å². The first-order valence-corrected chi connectivity index (χ1v) is 10.2. The number of nitrogens with zero attached hydrogens (tertiary/aromatic N) is 1. The van der Waals surface area contributed by atoms with E-state index in [0.29, 0.717) is 49.5 Å². The Hall–Kier alpha value is -3.23. The summed E-state index contributed by atoms with van der Waals surface area (Å²) >= 11 is 0. The number of nitrogens with one attached hydrogen (secondary N) is 1. The van der Waals surface area contributed by atoms with Gasteiger partial charge in [-0.3, -0.25) is 9.59 Å². The third kappa shape index (κ3) is 5.52. The standard InChI is InChI=1S/C23H25F3N2O4/c1-31-19-8-5-17(13-20(19)32-2)21(29)27-14-15-9-11-28(12-10-15)22(30)16-3-6-18(7-4-16)23(24,25)26/h3-8,13,15H,9-12,14H2,1-2H3,(H,27,29). The quantitative estimate of drug-likeness (QED) is 0.722. The number of piperidine rings is 1. The van der Waals surface area contributed by atoms with Gasteiger partial charge in [0.1, 0.15) is 0 Å². The number of ether oxygens (including phenoxy) is 2. The first-order chi connectivity index (χ1) is 15.2. The summed E-state index contributed by atoms with van der Waals surface area (Å²) in [5.74, 6) is 0.695. The number of rotatable bonds is 6. The molecular formula is C23H25F3N2O4. The van der Waals surface area contributed by atoms with Gasteiger partial charge in [0.2, 0.25) is 0 Å². The number of likely N-dealkylation sites (tertiary alicyclic amines) is 1. The Morgan fingerprint density at radius 3 is 2.12 bits per heavy atom. The summed E-state index contributed by atoms with van der Waals surface area (Å²) in [5.41, 5.74) is -0.0891. The zero-order chi connectivity index (χ0) is 23.3. The van der Waals surface area contributed by atoms with Crippen molar-refractivity contribution in [2.45, 2.75) is 19.0 Å². The van der Waals surface area contributed by atoms with Crippen molar-refractivity contribution in [2.75, 3.05) is 33.9 Å². The average molecular weight is 450 g/mol. The summed E-state index contributed by atoms with van der Waals surface area (Å²) in [4.78, 5) is 26.7. The minimum Gasteiger partial charge on any atom is -0.493 e. The Bertz CT molecular complexity index is 953. The molecule has 2 aromatic rings. The van der Waals surface area contributed by atoms with E-state index in [1.54, 1.807) is 23.1 Å². The van der Waals surface area contributed by atoms with E-state index in [-0.39, 0.29) is 23.3 Å². The number of carbonyl (C=O) groups excluding carboxylic acids is 2. The maximum absolute atomic E-state index is 12.7. The van der Waals surface area contributed by atoms with Crippen LogP contribution in [0.4, 0.5) is 13.2 Å². The maximum atomic E-state index is 12.7. The normalized spacial score (nSPS) is 14.7. The molecule has 1 aliphatic rings. The largest absolute Gasteiger partial charge is 0.493 e. The molecule has 0 radical (unpaired) electrons. The molecule has 0 atom stereocenters. The summed E-state index contributed by atoms with van der Waals surface area (Å²) in [5, 5.41) is 2.91. The van der Waals surface area contributed by atoms with Crippen molar-refractivity contribution in [3.05, 3.63) is 59.2 Å². The van der Waals surface area contributed by atoms with Gasteiger partial charge in [-0.05, 0) is 61.2 Å². The summed E-state index contributed by atoms with van der Waals surface area (Å²) in [6.07, 6.45) is -3.04. The first-order valence-electron chi connectivity index (χ1n) is 10.2. The Morgan fingerprint density at radius 2 is 1.56 bits per heavy atom. The molecule has 1 heterocycles. The topological polar surface area (TPSA) is 67.9 Å². The van der Waals surface area contributed by atoms with E-state index in [2.05, 4.69) is 5.32 Å². The van der Waals surface area contributed by atoms with Crippen LogP contribution in [0.3, 0.4) is 0 Å². The third-order valence-corrected chi connectivity index (χ3v) is 5.56. The van der Waals surface area contributed by atoms with Crippen LogP contribution in [0.15, 0.2) is 42.5 Å². The van der Waals surface area contributed by atoms with Gasteiger partial charge in [0, 0.05) is 30.8 Å². The lowest BCUT2D eigenvalue weighted by molar-refractivity contribution is -0.137. The minimum absolute atomic E-state index is 0.204. The number of carbonyl (C=O) groups is 2. The van der Waals surface area contributed by atoms with Crippen molar-refractivity contribution in [1.82, 2.24) is 10.2 Å². The van der Waals surface area contributed by atoms with Crippen molar-refractivity contribution in [1.29, 1.82) is 0 Å². The zero-order valence-corrected chi connectivity index (χ0v) is 17.9. The zero-order valence-electron chi connectivity index (χ0n) is 17.9. The molecule has 2 amide bonds. The summed E-state index contributed by atoms with van der Waals surface area (Å²) in [6.45, 7) is 1.43. The van der Waals surface area contributed by atoms with E-state index in [9.17, 15) is 22.8 Å². The number of amides is 2. The average Bonchev–Trinajstić information content (AvgIpc) is 2.81. The van der Waals surface area contributed by atoms with Crippen LogP contribution in [0, 0.1) is 5.92 Å². The van der Waals surface area contributed by atoms with Crippen molar-refractivity contribution in [3.63, 3.8) is 0 Å². The Kier molecular flexibility index (Phi) is 7.27. The number of benzene rings is 2. The Labute approximate surface area is 184 Å². The van der Waals surface area contributed by atoms with Crippen LogP contribution in [-0.4, -0.2) is 50.6 Å². The molecule has 0 spiro atoms. The number of methoxy groups -OCH3 is 2. The van der Waals surface area contributed by atoms with Crippen molar-refractivity contribution in [2.24, 2.45) is 5.92 Å². The lowest BCUT2D eigenvalue weighted by atomic mass is 9.96. The fourth-order valence-electron chi connectivity index (χ4n) is 3.64. The molecule has 0 unspecified atom stereocenters. The molecule has 1 fully saturated rings. The molecule has 0 bridgehead atoms. The summed E-state index contributed by atoms with van der Waals surface area (Å²) < 4.78 is 48.5. The molecule has 2 aromatic carbocycles. The molecule has 172 valence electrons. The van der Waals surface area contributed by atoms with Crippen LogP contribution >= 0.6 is 0 Å².